The number of rotatable bonds is 10. The monoisotopic (exact) mass is 378 g/mol. The van der Waals surface area contributed by atoms with Crippen molar-refractivity contribution in [2.75, 3.05) is 6.61 Å². The lowest BCUT2D eigenvalue weighted by Crippen LogP contribution is -2.37. The molecule has 1 aliphatic heterocycles. The van der Waals surface area contributed by atoms with Crippen LogP contribution in [0.4, 0.5) is 0 Å². The SMILES string of the molecule is CCC1SS[C@H](CC)[C@H]1OP(OCCC#N)N(C(C)C)C(C)C. The van der Waals surface area contributed by atoms with Crippen LogP contribution in [0, 0.1) is 11.3 Å². The van der Waals surface area contributed by atoms with Crippen molar-refractivity contribution in [3.05, 3.63) is 0 Å². The summed E-state index contributed by atoms with van der Waals surface area (Å²) < 4.78 is 14.9. The lowest BCUT2D eigenvalue weighted by Gasteiger charge is -2.38. The third kappa shape index (κ3) is 6.38. The van der Waals surface area contributed by atoms with Crippen molar-refractivity contribution < 1.29 is 9.05 Å². The first kappa shape index (κ1) is 21.5. The number of nitrogens with zero attached hydrogens (tertiary/aromatic N) is 2. The molecule has 1 rings (SSSR count). The zero-order valence-corrected chi connectivity index (χ0v) is 17.7. The Morgan fingerprint density at radius 1 is 1.09 bits per heavy atom. The van der Waals surface area contributed by atoms with Crippen molar-refractivity contribution in [1.29, 1.82) is 5.26 Å². The van der Waals surface area contributed by atoms with Crippen LogP contribution in [0.3, 0.4) is 0 Å². The fraction of sp³-hybridized carbons (Fsp3) is 0.938. The third-order valence-electron chi connectivity index (χ3n) is 3.71. The van der Waals surface area contributed by atoms with E-state index in [-0.39, 0.29) is 6.10 Å². The third-order valence-corrected chi connectivity index (χ3v) is 9.47. The van der Waals surface area contributed by atoms with Gasteiger partial charge in [0.15, 0.2) is 0 Å². The van der Waals surface area contributed by atoms with Gasteiger partial charge in [-0.2, -0.15) is 5.26 Å². The van der Waals surface area contributed by atoms with Gasteiger partial charge in [0.2, 0.25) is 0 Å². The minimum absolute atomic E-state index is 0.230. The van der Waals surface area contributed by atoms with Crippen LogP contribution >= 0.6 is 30.1 Å². The summed E-state index contributed by atoms with van der Waals surface area (Å²) in [6.07, 6.45) is 2.87. The minimum Gasteiger partial charge on any atom is -0.321 e. The Morgan fingerprint density at radius 2 is 1.61 bits per heavy atom. The van der Waals surface area contributed by atoms with E-state index in [0.29, 0.717) is 35.6 Å². The molecule has 0 aliphatic carbocycles. The van der Waals surface area contributed by atoms with Crippen LogP contribution in [-0.4, -0.2) is 40.0 Å². The molecule has 0 N–H and O–H groups in total. The highest BCUT2D eigenvalue weighted by Gasteiger charge is 2.41. The average molecular weight is 379 g/mol. The molecule has 1 saturated heterocycles. The van der Waals surface area contributed by atoms with E-state index >= 15 is 0 Å². The van der Waals surface area contributed by atoms with Gasteiger partial charge in [-0.3, -0.25) is 0 Å². The van der Waals surface area contributed by atoms with E-state index in [4.69, 9.17) is 14.3 Å². The van der Waals surface area contributed by atoms with E-state index in [1.165, 1.54) is 0 Å². The fourth-order valence-electron chi connectivity index (χ4n) is 2.63. The number of nitriles is 1. The molecule has 1 fully saturated rings. The van der Waals surface area contributed by atoms with Gasteiger partial charge in [-0.1, -0.05) is 35.4 Å². The van der Waals surface area contributed by atoms with Crippen molar-refractivity contribution in [3.63, 3.8) is 0 Å². The van der Waals surface area contributed by atoms with E-state index in [9.17, 15) is 0 Å². The Balaban J connectivity index is 2.87. The Kier molecular flexibility index (Phi) is 10.5. The molecule has 0 bridgehead atoms. The van der Waals surface area contributed by atoms with E-state index in [2.05, 4.69) is 52.3 Å². The second-order valence-corrected chi connectivity index (χ2v) is 10.4. The minimum atomic E-state index is -1.13. The van der Waals surface area contributed by atoms with Crippen molar-refractivity contribution in [2.45, 2.75) is 89.5 Å². The molecule has 4 nitrogen and oxygen atoms in total. The van der Waals surface area contributed by atoms with Gasteiger partial charge in [0, 0.05) is 22.6 Å². The lowest BCUT2D eigenvalue weighted by molar-refractivity contribution is 0.128. The quantitative estimate of drug-likeness (QED) is 0.280. The summed E-state index contributed by atoms with van der Waals surface area (Å²) in [6.45, 7) is 13.6. The first-order valence-electron chi connectivity index (χ1n) is 8.53. The Morgan fingerprint density at radius 3 is 2.00 bits per heavy atom. The van der Waals surface area contributed by atoms with Gasteiger partial charge in [0.1, 0.15) is 0 Å². The second-order valence-electron chi connectivity index (χ2n) is 6.20. The zero-order valence-electron chi connectivity index (χ0n) is 15.2. The molecule has 0 aromatic carbocycles. The molecule has 1 heterocycles. The Labute approximate surface area is 151 Å². The van der Waals surface area contributed by atoms with E-state index in [0.717, 1.165) is 12.8 Å². The van der Waals surface area contributed by atoms with E-state index < -0.39 is 8.53 Å². The van der Waals surface area contributed by atoms with Crippen LogP contribution in [0.25, 0.3) is 0 Å². The summed E-state index contributed by atoms with van der Waals surface area (Å²) in [5.41, 5.74) is 0. The first-order valence-corrected chi connectivity index (χ1v) is 11.9. The molecule has 0 saturated carbocycles. The highest BCUT2D eigenvalue weighted by Crippen LogP contribution is 2.55. The molecule has 4 atom stereocenters. The van der Waals surface area contributed by atoms with Crippen LogP contribution in [0.15, 0.2) is 0 Å². The van der Waals surface area contributed by atoms with Crippen LogP contribution in [-0.2, 0) is 9.05 Å². The molecule has 0 aromatic heterocycles. The van der Waals surface area contributed by atoms with E-state index in [1.54, 1.807) is 0 Å². The summed E-state index contributed by atoms with van der Waals surface area (Å²) in [5, 5.41) is 9.84. The van der Waals surface area contributed by atoms with Gasteiger partial charge in [0.25, 0.3) is 8.53 Å². The van der Waals surface area contributed by atoms with Crippen molar-refractivity contribution in [2.24, 2.45) is 0 Å². The van der Waals surface area contributed by atoms with E-state index in [1.807, 2.05) is 21.6 Å². The maximum atomic E-state index is 8.80. The summed E-state index contributed by atoms with van der Waals surface area (Å²) in [5.74, 6) is 0. The molecule has 0 amide bonds. The second kappa shape index (κ2) is 11.2. The van der Waals surface area contributed by atoms with Crippen molar-refractivity contribution in [1.82, 2.24) is 4.67 Å². The average Bonchev–Trinajstić information content (AvgIpc) is 2.88. The number of hydrogen-bond acceptors (Lipinski definition) is 6. The molecule has 7 heteroatoms. The standard InChI is InChI=1S/C16H31N2O2PS2/c1-7-14-16(15(8-2)23-22-14)20-21(19-11-9-10-17)18(12(3)4)13(5)6/h12-16H,7-9,11H2,1-6H3/t14-,15?,16-,21?/m1/s1. The van der Waals surface area contributed by atoms with Gasteiger partial charge in [-0.05, 0) is 40.5 Å². The highest BCUT2D eigenvalue weighted by atomic mass is 33.1. The van der Waals surface area contributed by atoms with Crippen molar-refractivity contribution >= 4 is 30.1 Å². The van der Waals surface area contributed by atoms with Gasteiger partial charge in [-0.15, -0.1) is 0 Å². The normalized spacial score (nSPS) is 26.2. The molecule has 134 valence electrons. The summed E-state index contributed by atoms with van der Waals surface area (Å²) in [7, 11) is 2.78. The molecule has 23 heavy (non-hydrogen) atoms. The molecule has 2 unspecified atom stereocenters. The molecule has 1 aliphatic rings. The lowest BCUT2D eigenvalue weighted by atomic mass is 10.1. The molecule has 0 aromatic rings. The smallest absolute Gasteiger partial charge is 0.259 e. The summed E-state index contributed by atoms with van der Waals surface area (Å²) in [6, 6.07) is 2.86. The first-order chi connectivity index (χ1) is 11.0. The topological polar surface area (TPSA) is 45.5 Å². The Hall–Kier alpha value is 0.500. The molecular formula is C16H31N2O2PS2. The predicted molar refractivity (Wildman–Crippen MR) is 103 cm³/mol. The largest absolute Gasteiger partial charge is 0.321 e. The maximum Gasteiger partial charge on any atom is 0.259 e. The molecule has 0 spiro atoms. The van der Waals surface area contributed by atoms with Crippen LogP contribution in [0.5, 0.6) is 0 Å². The predicted octanol–water partition coefficient (Wildman–Crippen LogP) is 5.60. The number of hydrogen-bond donors (Lipinski definition) is 0. The summed E-state index contributed by atoms with van der Waals surface area (Å²) >= 11 is 0. The maximum absolute atomic E-state index is 8.80. The summed E-state index contributed by atoms with van der Waals surface area (Å²) in [4.78, 5) is 0. The molecular weight excluding hydrogens is 347 g/mol. The van der Waals surface area contributed by atoms with Gasteiger partial charge < -0.3 is 9.05 Å². The zero-order chi connectivity index (χ0) is 17.4. The van der Waals surface area contributed by atoms with Crippen LogP contribution in [0.1, 0.15) is 60.8 Å². The highest BCUT2D eigenvalue weighted by molar-refractivity contribution is 8.77. The van der Waals surface area contributed by atoms with Crippen molar-refractivity contribution in [3.8, 4) is 6.07 Å². The van der Waals surface area contributed by atoms with Gasteiger partial charge in [0.05, 0.1) is 25.2 Å². The van der Waals surface area contributed by atoms with Crippen LogP contribution in [0.2, 0.25) is 0 Å². The fourth-order valence-corrected chi connectivity index (χ4v) is 8.29. The van der Waals surface area contributed by atoms with Crippen LogP contribution < -0.4 is 0 Å². The van der Waals surface area contributed by atoms with Gasteiger partial charge >= 0.3 is 0 Å². The molecule has 0 radical (unpaired) electrons. The van der Waals surface area contributed by atoms with Gasteiger partial charge in [-0.25, -0.2) is 4.67 Å². The Bertz CT molecular complexity index is 360.